The van der Waals surface area contributed by atoms with Gasteiger partial charge in [0.25, 0.3) is 0 Å². The standard InChI is InChI=1S/C17H22BrN3/c1-2-7-20-14-9-15-4-5-16(10-14)21(15)17-6-3-13(18)8-12(17)11-19/h3,6,8,14-16,20H,2,4-5,7,9-10H2,1H3. The molecule has 1 aromatic carbocycles. The molecule has 0 radical (unpaired) electrons. The van der Waals surface area contributed by atoms with Crippen LogP contribution in [0.2, 0.25) is 0 Å². The molecule has 2 heterocycles. The fourth-order valence-corrected chi connectivity index (χ4v) is 4.27. The van der Waals surface area contributed by atoms with Gasteiger partial charge < -0.3 is 10.2 Å². The van der Waals surface area contributed by atoms with E-state index < -0.39 is 0 Å². The third kappa shape index (κ3) is 2.95. The van der Waals surface area contributed by atoms with Gasteiger partial charge in [-0.05, 0) is 56.8 Å². The quantitative estimate of drug-likeness (QED) is 0.899. The normalized spacial score (nSPS) is 27.7. The summed E-state index contributed by atoms with van der Waals surface area (Å²) in [4.78, 5) is 2.52. The highest BCUT2D eigenvalue weighted by molar-refractivity contribution is 9.10. The molecule has 4 heteroatoms. The predicted molar refractivity (Wildman–Crippen MR) is 89.5 cm³/mol. The van der Waals surface area contributed by atoms with Crippen molar-refractivity contribution in [1.29, 1.82) is 5.26 Å². The van der Waals surface area contributed by atoms with Crippen LogP contribution < -0.4 is 10.2 Å². The van der Waals surface area contributed by atoms with Crippen LogP contribution in [0.3, 0.4) is 0 Å². The summed E-state index contributed by atoms with van der Waals surface area (Å²) < 4.78 is 0.981. The number of rotatable bonds is 4. The van der Waals surface area contributed by atoms with Crippen molar-refractivity contribution in [3.05, 3.63) is 28.2 Å². The Labute approximate surface area is 135 Å². The topological polar surface area (TPSA) is 39.1 Å². The van der Waals surface area contributed by atoms with Crippen molar-refractivity contribution in [2.45, 2.75) is 57.2 Å². The van der Waals surface area contributed by atoms with E-state index >= 15 is 0 Å². The smallest absolute Gasteiger partial charge is 0.101 e. The lowest BCUT2D eigenvalue weighted by Gasteiger charge is -2.41. The Morgan fingerprint density at radius 2 is 2.05 bits per heavy atom. The van der Waals surface area contributed by atoms with E-state index in [-0.39, 0.29) is 0 Å². The van der Waals surface area contributed by atoms with Gasteiger partial charge in [-0.3, -0.25) is 0 Å². The number of nitriles is 1. The highest BCUT2D eigenvalue weighted by Gasteiger charge is 2.41. The molecule has 2 atom stereocenters. The SMILES string of the molecule is CCCNC1CC2CCC(C1)N2c1ccc(Br)cc1C#N. The Morgan fingerprint density at radius 3 is 2.67 bits per heavy atom. The van der Waals surface area contributed by atoms with E-state index in [1.165, 1.54) is 32.1 Å². The minimum atomic E-state index is 0.589. The number of halogens is 1. The van der Waals surface area contributed by atoms with Crippen molar-refractivity contribution in [3.8, 4) is 6.07 Å². The summed E-state index contributed by atoms with van der Waals surface area (Å²) in [5.74, 6) is 0. The first-order chi connectivity index (χ1) is 10.2. The van der Waals surface area contributed by atoms with Gasteiger partial charge in [-0.15, -0.1) is 0 Å². The molecule has 2 aliphatic heterocycles. The molecule has 3 nitrogen and oxygen atoms in total. The maximum Gasteiger partial charge on any atom is 0.101 e. The monoisotopic (exact) mass is 347 g/mol. The van der Waals surface area contributed by atoms with Gasteiger partial charge in [0.1, 0.15) is 6.07 Å². The number of nitrogens with zero attached hydrogens (tertiary/aromatic N) is 2. The lowest BCUT2D eigenvalue weighted by atomic mass is 9.95. The van der Waals surface area contributed by atoms with E-state index in [1.54, 1.807) is 0 Å². The van der Waals surface area contributed by atoms with E-state index in [2.05, 4.69) is 51.3 Å². The number of hydrogen-bond acceptors (Lipinski definition) is 3. The number of nitrogens with one attached hydrogen (secondary N) is 1. The Bertz CT molecular complexity index is 537. The minimum absolute atomic E-state index is 0.589. The van der Waals surface area contributed by atoms with Crippen molar-refractivity contribution in [2.75, 3.05) is 11.4 Å². The zero-order valence-electron chi connectivity index (χ0n) is 12.5. The second-order valence-corrected chi connectivity index (χ2v) is 7.10. The van der Waals surface area contributed by atoms with Crippen LogP contribution in [0.1, 0.15) is 44.6 Å². The van der Waals surface area contributed by atoms with E-state index in [4.69, 9.17) is 0 Å². The fourth-order valence-electron chi connectivity index (χ4n) is 3.91. The van der Waals surface area contributed by atoms with Gasteiger partial charge in [0.15, 0.2) is 0 Å². The first kappa shape index (κ1) is 14.9. The van der Waals surface area contributed by atoms with Crippen LogP contribution in [0.25, 0.3) is 0 Å². The maximum absolute atomic E-state index is 9.42. The van der Waals surface area contributed by atoms with Crippen molar-refractivity contribution in [1.82, 2.24) is 5.32 Å². The lowest BCUT2D eigenvalue weighted by molar-refractivity contribution is 0.356. The Kier molecular flexibility index (Phi) is 4.51. The van der Waals surface area contributed by atoms with Crippen molar-refractivity contribution in [3.63, 3.8) is 0 Å². The van der Waals surface area contributed by atoms with Crippen LogP contribution in [-0.2, 0) is 0 Å². The molecule has 2 aliphatic rings. The van der Waals surface area contributed by atoms with Crippen LogP contribution in [0.5, 0.6) is 0 Å². The highest BCUT2D eigenvalue weighted by Crippen LogP contribution is 2.41. The fraction of sp³-hybridized carbons (Fsp3) is 0.588. The van der Waals surface area contributed by atoms with Crippen LogP contribution >= 0.6 is 15.9 Å². The van der Waals surface area contributed by atoms with E-state index in [0.29, 0.717) is 18.1 Å². The van der Waals surface area contributed by atoms with Gasteiger partial charge >= 0.3 is 0 Å². The molecule has 0 saturated carbocycles. The van der Waals surface area contributed by atoms with E-state index in [1.807, 2.05) is 6.07 Å². The first-order valence-corrected chi connectivity index (χ1v) is 8.73. The van der Waals surface area contributed by atoms with E-state index in [0.717, 1.165) is 22.3 Å². The second kappa shape index (κ2) is 6.37. The van der Waals surface area contributed by atoms with E-state index in [9.17, 15) is 5.26 Å². The summed E-state index contributed by atoms with van der Waals surface area (Å²) in [6.45, 7) is 3.34. The largest absolute Gasteiger partial charge is 0.364 e. The molecule has 2 bridgehead atoms. The van der Waals surface area contributed by atoms with Crippen LogP contribution in [-0.4, -0.2) is 24.7 Å². The predicted octanol–water partition coefficient (Wildman–Crippen LogP) is 3.82. The average Bonchev–Trinajstić information content (AvgIpc) is 2.75. The van der Waals surface area contributed by atoms with Crippen LogP contribution in [0.4, 0.5) is 5.69 Å². The molecular formula is C17H22BrN3. The second-order valence-electron chi connectivity index (χ2n) is 6.19. The number of piperidine rings is 1. The molecule has 2 unspecified atom stereocenters. The zero-order chi connectivity index (χ0) is 14.8. The van der Waals surface area contributed by atoms with Gasteiger partial charge in [0.05, 0.1) is 11.3 Å². The van der Waals surface area contributed by atoms with Crippen molar-refractivity contribution in [2.24, 2.45) is 0 Å². The molecule has 0 spiro atoms. The van der Waals surface area contributed by atoms with Crippen molar-refractivity contribution >= 4 is 21.6 Å². The summed E-state index contributed by atoms with van der Waals surface area (Å²) in [5, 5.41) is 13.1. The number of fused-ring (bicyclic) bond motifs is 2. The zero-order valence-corrected chi connectivity index (χ0v) is 14.1. The lowest BCUT2D eigenvalue weighted by Crippen LogP contribution is -2.49. The number of anilines is 1. The molecule has 112 valence electrons. The Hall–Kier alpha value is -1.05. The molecule has 2 saturated heterocycles. The molecular weight excluding hydrogens is 326 g/mol. The third-order valence-electron chi connectivity index (χ3n) is 4.77. The molecule has 0 aromatic heterocycles. The number of benzene rings is 1. The summed E-state index contributed by atoms with van der Waals surface area (Å²) in [7, 11) is 0. The molecule has 2 fully saturated rings. The van der Waals surface area contributed by atoms with Gasteiger partial charge in [0.2, 0.25) is 0 Å². The highest BCUT2D eigenvalue weighted by atomic mass is 79.9. The van der Waals surface area contributed by atoms with Gasteiger partial charge in [-0.2, -0.15) is 5.26 Å². The summed E-state index contributed by atoms with van der Waals surface area (Å²) in [5.41, 5.74) is 1.92. The summed E-state index contributed by atoms with van der Waals surface area (Å²) >= 11 is 3.47. The third-order valence-corrected chi connectivity index (χ3v) is 5.27. The molecule has 0 amide bonds. The first-order valence-electron chi connectivity index (χ1n) is 7.94. The van der Waals surface area contributed by atoms with Crippen LogP contribution in [0.15, 0.2) is 22.7 Å². The van der Waals surface area contributed by atoms with Gasteiger partial charge in [-0.25, -0.2) is 0 Å². The molecule has 0 aliphatic carbocycles. The van der Waals surface area contributed by atoms with Crippen molar-refractivity contribution < 1.29 is 0 Å². The molecule has 1 aromatic rings. The number of hydrogen-bond donors (Lipinski definition) is 1. The molecule has 21 heavy (non-hydrogen) atoms. The minimum Gasteiger partial charge on any atom is -0.364 e. The summed E-state index contributed by atoms with van der Waals surface area (Å²) in [6, 6.07) is 10.3. The Balaban J connectivity index is 1.81. The van der Waals surface area contributed by atoms with Crippen LogP contribution in [0, 0.1) is 11.3 Å². The summed E-state index contributed by atoms with van der Waals surface area (Å²) in [6.07, 6.45) is 6.13. The van der Waals surface area contributed by atoms with Gasteiger partial charge in [-0.1, -0.05) is 22.9 Å². The van der Waals surface area contributed by atoms with Gasteiger partial charge in [0, 0.05) is 22.6 Å². The maximum atomic E-state index is 9.42. The average molecular weight is 348 g/mol. The Morgan fingerprint density at radius 1 is 1.33 bits per heavy atom. The molecule has 3 rings (SSSR count). The molecule has 1 N–H and O–H groups in total.